The Morgan fingerprint density at radius 3 is 1.70 bits per heavy atom. The first-order chi connectivity index (χ1) is 35.1. The van der Waals surface area contributed by atoms with E-state index in [1.807, 2.05) is 30.3 Å². The lowest BCUT2D eigenvalue weighted by molar-refractivity contribution is 0.842. The standard InChI is InChI=1S/C65H48N6/c1-4-52(62-56-29-17-20-32-60(56)70(57(62)5-2)50-25-13-8-14-26-50)64-66-63(49-23-11-7-12-24-49)67-65(68-64)69-43-61-55(42-33-44(3)53-27-15-18-30-58(53)69)54-28-16-19-31-59(54)71(61)51-40-38-48(39-41-51)47-36-34-46(35-37-47)45-21-9-6-10-22-45/h4-42H,1,3,43H2,2H3/b42-33-,57-5+,62-52+. The average Bonchev–Trinajstić information content (AvgIpc) is 3.95. The molecule has 0 amide bonds. The summed E-state index contributed by atoms with van der Waals surface area (Å²) >= 11 is 0. The largest absolute Gasteiger partial charge is 0.311 e. The minimum Gasteiger partial charge on any atom is -0.311 e. The van der Waals surface area contributed by atoms with Crippen molar-refractivity contribution in [3.05, 3.63) is 271 Å². The van der Waals surface area contributed by atoms with Crippen molar-refractivity contribution in [3.8, 4) is 45.0 Å². The molecule has 4 heterocycles. The molecule has 12 rings (SSSR count). The van der Waals surface area contributed by atoms with Crippen LogP contribution in [-0.4, -0.2) is 24.1 Å². The van der Waals surface area contributed by atoms with Gasteiger partial charge in [-0.15, -0.1) is 0 Å². The predicted octanol–water partition coefficient (Wildman–Crippen LogP) is 14.3. The summed E-state index contributed by atoms with van der Waals surface area (Å²) in [5, 5.41) is 4.23. The first-order valence-electron chi connectivity index (χ1n) is 24.0. The van der Waals surface area contributed by atoms with Gasteiger partial charge in [-0.2, -0.15) is 9.97 Å². The van der Waals surface area contributed by atoms with Crippen LogP contribution in [0.1, 0.15) is 29.6 Å². The molecule has 0 atom stereocenters. The number of para-hydroxylation sites is 4. The average molecular weight is 913 g/mol. The molecule has 3 aromatic heterocycles. The zero-order chi connectivity index (χ0) is 47.8. The number of hydrogen-bond acceptors (Lipinski definition) is 4. The van der Waals surface area contributed by atoms with E-state index in [0.29, 0.717) is 24.1 Å². The molecule has 0 bridgehead atoms. The van der Waals surface area contributed by atoms with Crippen molar-refractivity contribution in [2.24, 2.45) is 0 Å². The number of fused-ring (bicyclic) bond motifs is 5. The topological polar surface area (TPSA) is 51.8 Å². The number of nitrogens with zero attached hydrogens (tertiary/aromatic N) is 6. The molecule has 1 aliphatic heterocycles. The van der Waals surface area contributed by atoms with Gasteiger partial charge < -0.3 is 14.0 Å². The number of aromatic nitrogens is 5. The third kappa shape index (κ3) is 7.68. The fourth-order valence-electron chi connectivity index (χ4n) is 10.2. The van der Waals surface area contributed by atoms with Crippen LogP contribution < -0.4 is 15.5 Å². The summed E-state index contributed by atoms with van der Waals surface area (Å²) in [7, 11) is 0. The molecule has 0 unspecified atom stereocenters. The first-order valence-corrected chi connectivity index (χ1v) is 24.0. The van der Waals surface area contributed by atoms with Gasteiger partial charge in [0.2, 0.25) is 5.95 Å². The molecule has 0 saturated heterocycles. The van der Waals surface area contributed by atoms with Crippen LogP contribution in [0.2, 0.25) is 0 Å². The van der Waals surface area contributed by atoms with E-state index in [0.717, 1.165) is 94.1 Å². The summed E-state index contributed by atoms with van der Waals surface area (Å²) in [6.07, 6.45) is 8.43. The van der Waals surface area contributed by atoms with Gasteiger partial charge in [0.15, 0.2) is 11.6 Å². The Kier molecular flexibility index (Phi) is 11.0. The fraction of sp³-hybridized carbons (Fsp3) is 0.0308. The van der Waals surface area contributed by atoms with Crippen LogP contribution in [-0.2, 0) is 6.54 Å². The normalized spacial score (nSPS) is 13.6. The van der Waals surface area contributed by atoms with Gasteiger partial charge in [-0.25, -0.2) is 4.98 Å². The highest BCUT2D eigenvalue weighted by Crippen LogP contribution is 2.40. The quantitative estimate of drug-likeness (QED) is 0.152. The van der Waals surface area contributed by atoms with E-state index in [4.69, 9.17) is 15.0 Å². The van der Waals surface area contributed by atoms with E-state index in [2.05, 4.69) is 240 Å². The molecule has 11 aromatic rings. The second-order valence-corrected chi connectivity index (χ2v) is 17.7. The highest BCUT2D eigenvalue weighted by molar-refractivity contribution is 5.97. The maximum Gasteiger partial charge on any atom is 0.234 e. The number of hydrogen-bond donors (Lipinski definition) is 0. The van der Waals surface area contributed by atoms with Crippen LogP contribution in [0.25, 0.3) is 90.1 Å². The molecule has 0 saturated carbocycles. The molecule has 8 aromatic carbocycles. The molecule has 0 aliphatic carbocycles. The zero-order valence-corrected chi connectivity index (χ0v) is 39.3. The highest BCUT2D eigenvalue weighted by Gasteiger charge is 2.27. The summed E-state index contributed by atoms with van der Waals surface area (Å²) in [6.45, 7) is 11.6. The molecule has 338 valence electrons. The Bertz CT molecular complexity index is 3980. The predicted molar refractivity (Wildman–Crippen MR) is 295 cm³/mol. The van der Waals surface area contributed by atoms with E-state index in [1.165, 1.54) is 11.1 Å². The summed E-state index contributed by atoms with van der Waals surface area (Å²) in [4.78, 5) is 18.5. The smallest absolute Gasteiger partial charge is 0.234 e. The lowest BCUT2D eigenvalue weighted by Crippen LogP contribution is -2.31. The fourth-order valence-corrected chi connectivity index (χ4v) is 10.2. The van der Waals surface area contributed by atoms with Crippen molar-refractivity contribution in [1.29, 1.82) is 0 Å². The Hall–Kier alpha value is -9.39. The van der Waals surface area contributed by atoms with E-state index >= 15 is 0 Å². The van der Waals surface area contributed by atoms with Crippen LogP contribution in [0.3, 0.4) is 0 Å². The van der Waals surface area contributed by atoms with Gasteiger partial charge in [-0.3, -0.25) is 0 Å². The van der Waals surface area contributed by atoms with Crippen molar-refractivity contribution in [1.82, 2.24) is 24.1 Å². The number of allylic oxidation sites excluding steroid dienone is 3. The van der Waals surface area contributed by atoms with Gasteiger partial charge in [0.1, 0.15) is 0 Å². The summed E-state index contributed by atoms with van der Waals surface area (Å²) in [5.41, 5.74) is 15.7. The van der Waals surface area contributed by atoms with Crippen molar-refractivity contribution in [3.63, 3.8) is 0 Å². The number of anilines is 2. The summed E-state index contributed by atoms with van der Waals surface area (Å²) in [5.74, 6) is 1.58. The van der Waals surface area contributed by atoms with Crippen molar-refractivity contribution in [2.45, 2.75) is 13.5 Å². The molecule has 0 spiro atoms. The van der Waals surface area contributed by atoms with Crippen molar-refractivity contribution < 1.29 is 0 Å². The maximum absolute atomic E-state index is 5.53. The van der Waals surface area contributed by atoms with Gasteiger partial charge in [-0.05, 0) is 77.2 Å². The van der Waals surface area contributed by atoms with Gasteiger partial charge in [-0.1, -0.05) is 207 Å². The van der Waals surface area contributed by atoms with Gasteiger partial charge in [0.05, 0.1) is 34.3 Å². The van der Waals surface area contributed by atoms with Gasteiger partial charge >= 0.3 is 0 Å². The number of benzene rings is 8. The Labute approximate surface area is 413 Å². The van der Waals surface area contributed by atoms with Crippen molar-refractivity contribution >= 4 is 56.7 Å². The Balaban J connectivity index is 1.07. The van der Waals surface area contributed by atoms with Gasteiger partial charge in [0.25, 0.3) is 0 Å². The molecule has 6 nitrogen and oxygen atoms in total. The molecule has 6 heteroatoms. The van der Waals surface area contributed by atoms with Crippen LogP contribution in [0.4, 0.5) is 11.6 Å². The lowest BCUT2D eigenvalue weighted by atomic mass is 10.0. The van der Waals surface area contributed by atoms with E-state index < -0.39 is 0 Å². The monoisotopic (exact) mass is 912 g/mol. The second-order valence-electron chi connectivity index (χ2n) is 17.7. The highest BCUT2D eigenvalue weighted by atomic mass is 15.3. The molecular weight excluding hydrogens is 865 g/mol. The van der Waals surface area contributed by atoms with Gasteiger partial charge in [0, 0.05) is 49.6 Å². The molecule has 0 radical (unpaired) electrons. The summed E-state index contributed by atoms with van der Waals surface area (Å²) in [6, 6.07) is 74.5. The van der Waals surface area contributed by atoms with Crippen LogP contribution in [0.15, 0.2) is 238 Å². The maximum atomic E-state index is 5.53. The zero-order valence-electron chi connectivity index (χ0n) is 39.3. The van der Waals surface area contributed by atoms with E-state index in [1.54, 1.807) is 0 Å². The molecule has 0 fully saturated rings. The lowest BCUT2D eigenvalue weighted by Gasteiger charge is -2.27. The van der Waals surface area contributed by atoms with E-state index in [9.17, 15) is 0 Å². The minimum atomic E-state index is 0.420. The molecule has 71 heavy (non-hydrogen) atoms. The summed E-state index contributed by atoms with van der Waals surface area (Å²) < 4.78 is 4.70. The minimum absolute atomic E-state index is 0.420. The molecule has 1 aliphatic rings. The first kappa shape index (κ1) is 42.9. The third-order valence-electron chi connectivity index (χ3n) is 13.6. The Morgan fingerprint density at radius 2 is 1.04 bits per heavy atom. The SMILES string of the molecule is C=C/C(c1nc(-c2ccccc2)nc(N2Cc3c(c4ccccc4n3-c3ccc(-c4ccc(-c5ccccc5)cc4)cc3)/C=C\C(=C)c3ccccc32)n1)=c1\c(=C/C)n(-c2ccccc2)c2ccccc12. The van der Waals surface area contributed by atoms with Crippen LogP contribution in [0, 0.1) is 0 Å². The van der Waals surface area contributed by atoms with Crippen LogP contribution in [0.5, 0.6) is 0 Å². The number of rotatable bonds is 8. The van der Waals surface area contributed by atoms with Crippen LogP contribution >= 0.6 is 0 Å². The third-order valence-corrected chi connectivity index (χ3v) is 13.6. The Morgan fingerprint density at radius 1 is 0.507 bits per heavy atom. The second kappa shape index (κ2) is 18.3. The molecular formula is C65H48N6. The molecule has 0 N–H and O–H groups in total. The van der Waals surface area contributed by atoms with E-state index in [-0.39, 0.29) is 0 Å². The van der Waals surface area contributed by atoms with Crippen molar-refractivity contribution in [2.75, 3.05) is 4.90 Å².